The van der Waals surface area contributed by atoms with Crippen LogP contribution in [-0.4, -0.2) is 36.6 Å². The maximum Gasteiger partial charge on any atom is 0.335 e. The van der Waals surface area contributed by atoms with Gasteiger partial charge in [0, 0.05) is 13.6 Å². The predicted octanol–water partition coefficient (Wildman–Crippen LogP) is 0.682. The predicted molar refractivity (Wildman–Crippen MR) is 72.2 cm³/mol. The van der Waals surface area contributed by atoms with E-state index in [1.807, 2.05) is 4.90 Å². The summed E-state index contributed by atoms with van der Waals surface area (Å²) in [5.41, 5.74) is 7.16. The minimum absolute atomic E-state index is 0.0424. The summed E-state index contributed by atoms with van der Waals surface area (Å²) < 4.78 is 0. The highest BCUT2D eigenvalue weighted by molar-refractivity contribution is 5.92. The van der Waals surface area contributed by atoms with E-state index in [0.717, 1.165) is 25.1 Å². The molecular formula is C13H17N3O3. The van der Waals surface area contributed by atoms with E-state index in [4.69, 9.17) is 10.8 Å². The van der Waals surface area contributed by atoms with Gasteiger partial charge in [0.1, 0.15) is 6.04 Å². The average Bonchev–Trinajstić information content (AvgIpc) is 2.86. The van der Waals surface area contributed by atoms with E-state index in [1.54, 1.807) is 13.1 Å². The first-order valence-corrected chi connectivity index (χ1v) is 6.15. The lowest BCUT2D eigenvalue weighted by Gasteiger charge is -2.26. The first-order valence-electron chi connectivity index (χ1n) is 6.15. The van der Waals surface area contributed by atoms with Gasteiger partial charge < -0.3 is 21.1 Å². The molecule has 0 radical (unpaired) electrons. The van der Waals surface area contributed by atoms with Crippen molar-refractivity contribution in [2.45, 2.75) is 18.9 Å². The first kappa shape index (κ1) is 13.2. The Kier molecular flexibility index (Phi) is 3.59. The highest BCUT2D eigenvalue weighted by Crippen LogP contribution is 2.31. The maximum atomic E-state index is 11.8. The first-order chi connectivity index (χ1) is 9.04. The number of amides is 1. The molecule has 6 nitrogen and oxygen atoms in total. The third kappa shape index (κ3) is 2.47. The van der Waals surface area contributed by atoms with Crippen LogP contribution in [0.25, 0.3) is 0 Å². The molecule has 6 heteroatoms. The fourth-order valence-corrected chi connectivity index (χ4v) is 2.44. The van der Waals surface area contributed by atoms with Crippen molar-refractivity contribution in [2.75, 3.05) is 24.2 Å². The van der Waals surface area contributed by atoms with Gasteiger partial charge in [0.25, 0.3) is 0 Å². The number of hydrogen-bond acceptors (Lipinski definition) is 4. The van der Waals surface area contributed by atoms with Crippen LogP contribution in [0.5, 0.6) is 0 Å². The number of benzene rings is 1. The number of carbonyl (C=O) groups excluding carboxylic acids is 1. The second kappa shape index (κ2) is 5.17. The zero-order valence-electron chi connectivity index (χ0n) is 10.7. The number of nitrogens with two attached hydrogens (primary N) is 1. The van der Waals surface area contributed by atoms with Crippen molar-refractivity contribution in [3.05, 3.63) is 23.8 Å². The van der Waals surface area contributed by atoms with Gasteiger partial charge in [-0.05, 0) is 31.0 Å². The molecule has 19 heavy (non-hydrogen) atoms. The summed E-state index contributed by atoms with van der Waals surface area (Å²) in [6, 6.07) is 4.37. The molecular weight excluding hydrogens is 246 g/mol. The van der Waals surface area contributed by atoms with Crippen LogP contribution in [0.3, 0.4) is 0 Å². The Morgan fingerprint density at radius 1 is 1.47 bits per heavy atom. The van der Waals surface area contributed by atoms with Crippen molar-refractivity contribution in [3.8, 4) is 0 Å². The number of nitrogens with zero attached hydrogens (tertiary/aromatic N) is 1. The lowest BCUT2D eigenvalue weighted by Crippen LogP contribution is -2.42. The number of carbonyl (C=O) groups is 2. The Balaban J connectivity index is 2.31. The number of likely N-dealkylation sites (N-methyl/N-ethyl adjacent to an activating group) is 1. The molecule has 0 aliphatic carbocycles. The minimum Gasteiger partial charge on any atom is -0.478 e. The largest absolute Gasteiger partial charge is 0.478 e. The second-order valence-electron chi connectivity index (χ2n) is 4.54. The van der Waals surface area contributed by atoms with E-state index in [9.17, 15) is 9.59 Å². The van der Waals surface area contributed by atoms with Crippen LogP contribution in [0, 0.1) is 0 Å². The lowest BCUT2D eigenvalue weighted by atomic mass is 10.1. The van der Waals surface area contributed by atoms with Crippen molar-refractivity contribution < 1.29 is 14.7 Å². The number of nitrogen functional groups attached to an aromatic ring is 1. The summed E-state index contributed by atoms with van der Waals surface area (Å²) in [6.07, 6.45) is 1.69. The van der Waals surface area contributed by atoms with Gasteiger partial charge in [0.05, 0.1) is 16.9 Å². The molecule has 4 N–H and O–H groups in total. The average molecular weight is 263 g/mol. The molecule has 0 spiro atoms. The summed E-state index contributed by atoms with van der Waals surface area (Å²) >= 11 is 0. The van der Waals surface area contributed by atoms with Gasteiger partial charge in [-0.15, -0.1) is 0 Å². The zero-order chi connectivity index (χ0) is 14.0. The molecule has 0 bridgehead atoms. The van der Waals surface area contributed by atoms with E-state index in [0.29, 0.717) is 5.69 Å². The third-order valence-electron chi connectivity index (χ3n) is 3.39. The summed E-state index contributed by atoms with van der Waals surface area (Å²) in [4.78, 5) is 24.6. The van der Waals surface area contributed by atoms with Crippen LogP contribution in [0.4, 0.5) is 11.4 Å². The Labute approximate surface area is 111 Å². The molecule has 1 saturated heterocycles. The molecule has 1 aromatic carbocycles. The van der Waals surface area contributed by atoms with Crippen LogP contribution >= 0.6 is 0 Å². The van der Waals surface area contributed by atoms with Crippen molar-refractivity contribution in [1.29, 1.82) is 0 Å². The topological polar surface area (TPSA) is 95.7 Å². The summed E-state index contributed by atoms with van der Waals surface area (Å²) in [7, 11) is 1.61. The minimum atomic E-state index is -1.01. The van der Waals surface area contributed by atoms with Crippen molar-refractivity contribution in [1.82, 2.24) is 5.32 Å². The van der Waals surface area contributed by atoms with E-state index in [2.05, 4.69) is 5.32 Å². The molecule has 1 atom stereocenters. The Bertz CT molecular complexity index is 516. The second-order valence-corrected chi connectivity index (χ2v) is 4.54. The molecule has 1 aliphatic heterocycles. The normalized spacial score (nSPS) is 18.4. The third-order valence-corrected chi connectivity index (χ3v) is 3.39. The highest BCUT2D eigenvalue weighted by Gasteiger charge is 2.31. The van der Waals surface area contributed by atoms with Crippen LogP contribution < -0.4 is 16.0 Å². The van der Waals surface area contributed by atoms with Gasteiger partial charge in [-0.3, -0.25) is 4.79 Å². The van der Waals surface area contributed by atoms with Crippen LogP contribution in [-0.2, 0) is 4.79 Å². The summed E-state index contributed by atoms with van der Waals surface area (Å²) in [5, 5.41) is 11.6. The standard InChI is InChI=1S/C13H17N3O3/c1-15-12(17)11-3-2-6-16(11)10-5-4-8(13(18)19)7-9(10)14/h4-5,7,11H,2-3,6,14H2,1H3,(H,15,17)(H,18,19). The smallest absolute Gasteiger partial charge is 0.335 e. The molecule has 102 valence electrons. The van der Waals surface area contributed by atoms with E-state index < -0.39 is 5.97 Å². The van der Waals surface area contributed by atoms with E-state index >= 15 is 0 Å². The number of hydrogen-bond donors (Lipinski definition) is 3. The maximum absolute atomic E-state index is 11.8. The van der Waals surface area contributed by atoms with Gasteiger partial charge in [0.2, 0.25) is 5.91 Å². The van der Waals surface area contributed by atoms with Gasteiger partial charge in [-0.1, -0.05) is 0 Å². The van der Waals surface area contributed by atoms with Gasteiger partial charge >= 0.3 is 5.97 Å². The number of anilines is 2. The van der Waals surface area contributed by atoms with Gasteiger partial charge in [0.15, 0.2) is 0 Å². The van der Waals surface area contributed by atoms with Crippen LogP contribution in [0.1, 0.15) is 23.2 Å². The fourth-order valence-electron chi connectivity index (χ4n) is 2.44. The lowest BCUT2D eigenvalue weighted by molar-refractivity contribution is -0.121. The van der Waals surface area contributed by atoms with Crippen molar-refractivity contribution in [2.24, 2.45) is 0 Å². The number of rotatable bonds is 3. The van der Waals surface area contributed by atoms with Gasteiger partial charge in [-0.25, -0.2) is 4.79 Å². The van der Waals surface area contributed by atoms with Crippen molar-refractivity contribution in [3.63, 3.8) is 0 Å². The molecule has 1 amide bonds. The number of aromatic carboxylic acids is 1. The van der Waals surface area contributed by atoms with E-state index in [-0.39, 0.29) is 17.5 Å². The Hall–Kier alpha value is -2.24. The van der Waals surface area contributed by atoms with Crippen LogP contribution in [0.2, 0.25) is 0 Å². The quantitative estimate of drug-likeness (QED) is 0.697. The molecule has 0 aromatic heterocycles. The molecule has 1 aromatic rings. The number of nitrogens with one attached hydrogen (secondary N) is 1. The Morgan fingerprint density at radius 2 is 2.21 bits per heavy atom. The van der Waals surface area contributed by atoms with E-state index in [1.165, 1.54) is 12.1 Å². The number of carboxylic acid groups (broad SMARTS) is 1. The van der Waals surface area contributed by atoms with Crippen molar-refractivity contribution >= 4 is 23.3 Å². The SMILES string of the molecule is CNC(=O)C1CCCN1c1ccc(C(=O)O)cc1N. The summed E-state index contributed by atoms with van der Waals surface area (Å²) in [5.74, 6) is -1.05. The molecule has 1 heterocycles. The van der Waals surface area contributed by atoms with Crippen LogP contribution in [0.15, 0.2) is 18.2 Å². The monoisotopic (exact) mass is 263 g/mol. The molecule has 0 saturated carbocycles. The molecule has 1 unspecified atom stereocenters. The Morgan fingerprint density at radius 3 is 2.79 bits per heavy atom. The molecule has 1 aliphatic rings. The zero-order valence-corrected chi connectivity index (χ0v) is 10.7. The number of carboxylic acids is 1. The van der Waals surface area contributed by atoms with Gasteiger partial charge in [-0.2, -0.15) is 0 Å². The fraction of sp³-hybridized carbons (Fsp3) is 0.385. The molecule has 2 rings (SSSR count). The highest BCUT2D eigenvalue weighted by atomic mass is 16.4. The summed E-state index contributed by atoms with van der Waals surface area (Å²) in [6.45, 7) is 0.745. The molecule has 1 fully saturated rings.